The van der Waals surface area contributed by atoms with Crippen molar-refractivity contribution in [1.82, 2.24) is 4.98 Å². The highest BCUT2D eigenvalue weighted by Crippen LogP contribution is 2.24. The van der Waals surface area contributed by atoms with Crippen molar-refractivity contribution in [1.29, 1.82) is 0 Å². The van der Waals surface area contributed by atoms with Crippen LogP contribution in [0.25, 0.3) is 10.9 Å². The van der Waals surface area contributed by atoms with Gasteiger partial charge in [-0.1, -0.05) is 36.4 Å². The zero-order valence-electron chi connectivity index (χ0n) is 16.7. The van der Waals surface area contributed by atoms with Gasteiger partial charge in [-0.2, -0.15) is 0 Å². The molecule has 150 valence electrons. The largest absolute Gasteiger partial charge is 0.482 e. The van der Waals surface area contributed by atoms with Crippen LogP contribution in [-0.2, 0) is 20.9 Å². The second-order valence-electron chi connectivity index (χ2n) is 6.51. The summed E-state index contributed by atoms with van der Waals surface area (Å²) in [6.07, 6.45) is 0. The molecule has 2 aromatic carbocycles. The molecule has 29 heavy (non-hydrogen) atoms. The van der Waals surface area contributed by atoms with Crippen LogP contribution >= 0.6 is 0 Å². The number of aromatic nitrogens is 1. The molecule has 1 aromatic heterocycles. The van der Waals surface area contributed by atoms with Crippen LogP contribution in [0.2, 0.25) is 0 Å². The van der Waals surface area contributed by atoms with Gasteiger partial charge in [0.2, 0.25) is 0 Å². The number of aryl methyl sites for hydroxylation is 2. The average Bonchev–Trinajstić information content (AvgIpc) is 2.72. The molecular weight excluding hydrogens is 370 g/mol. The zero-order valence-corrected chi connectivity index (χ0v) is 16.7. The smallest absolute Gasteiger partial charge is 0.344 e. The van der Waals surface area contributed by atoms with Crippen LogP contribution in [0.4, 0.5) is 0 Å². The Bertz CT molecular complexity index is 1040. The number of pyridine rings is 1. The first-order valence-electron chi connectivity index (χ1n) is 9.40. The maximum atomic E-state index is 12.5. The third-order valence-electron chi connectivity index (χ3n) is 4.52. The predicted molar refractivity (Wildman–Crippen MR) is 109 cm³/mol. The molecule has 0 aliphatic heterocycles. The number of rotatable bonds is 7. The van der Waals surface area contributed by atoms with Crippen molar-refractivity contribution in [2.45, 2.75) is 27.4 Å². The average molecular weight is 393 g/mol. The SMILES string of the molecule is CCOC(=O)c1c(COC(=O)COc2ccccc2C)nc2ccccc2c1C. The molecule has 0 bridgehead atoms. The Morgan fingerprint density at radius 3 is 2.45 bits per heavy atom. The zero-order chi connectivity index (χ0) is 20.8. The van der Waals surface area contributed by atoms with E-state index in [-0.39, 0.29) is 19.8 Å². The molecule has 6 nitrogen and oxygen atoms in total. The van der Waals surface area contributed by atoms with E-state index in [9.17, 15) is 9.59 Å². The van der Waals surface area contributed by atoms with Crippen LogP contribution < -0.4 is 4.74 Å². The van der Waals surface area contributed by atoms with Gasteiger partial charge in [-0.25, -0.2) is 14.6 Å². The van der Waals surface area contributed by atoms with Crippen molar-refractivity contribution in [2.24, 2.45) is 0 Å². The summed E-state index contributed by atoms with van der Waals surface area (Å²) < 4.78 is 16.0. The van der Waals surface area contributed by atoms with Crippen LogP contribution in [0.15, 0.2) is 48.5 Å². The molecule has 0 saturated carbocycles. The van der Waals surface area contributed by atoms with Gasteiger partial charge in [0.1, 0.15) is 12.4 Å². The lowest BCUT2D eigenvalue weighted by Gasteiger charge is -2.14. The lowest BCUT2D eigenvalue weighted by molar-refractivity contribution is -0.147. The fraction of sp³-hybridized carbons (Fsp3) is 0.261. The number of carbonyl (C=O) groups is 2. The van der Waals surface area contributed by atoms with Crippen LogP contribution in [0.3, 0.4) is 0 Å². The number of ether oxygens (including phenoxy) is 3. The number of para-hydroxylation sites is 2. The molecule has 0 atom stereocenters. The molecule has 3 aromatic rings. The fourth-order valence-electron chi connectivity index (χ4n) is 3.06. The molecule has 0 N–H and O–H groups in total. The molecule has 0 aliphatic carbocycles. The molecule has 0 amide bonds. The van der Waals surface area contributed by atoms with E-state index < -0.39 is 11.9 Å². The first kappa shape index (κ1) is 20.3. The van der Waals surface area contributed by atoms with E-state index in [1.165, 1.54) is 0 Å². The third-order valence-corrected chi connectivity index (χ3v) is 4.52. The summed E-state index contributed by atoms with van der Waals surface area (Å²) in [6, 6.07) is 14.9. The van der Waals surface area contributed by atoms with Gasteiger partial charge in [-0.05, 0) is 44.0 Å². The summed E-state index contributed by atoms with van der Waals surface area (Å²) >= 11 is 0. The Morgan fingerprint density at radius 2 is 1.69 bits per heavy atom. The number of hydrogen-bond donors (Lipinski definition) is 0. The van der Waals surface area contributed by atoms with Crippen molar-refractivity contribution in [3.63, 3.8) is 0 Å². The molecule has 3 rings (SSSR count). The van der Waals surface area contributed by atoms with E-state index in [0.29, 0.717) is 17.0 Å². The monoisotopic (exact) mass is 393 g/mol. The number of carbonyl (C=O) groups excluding carboxylic acids is 2. The first-order valence-corrected chi connectivity index (χ1v) is 9.40. The quantitative estimate of drug-likeness (QED) is 0.562. The van der Waals surface area contributed by atoms with Gasteiger partial charge in [0.05, 0.1) is 23.4 Å². The Kier molecular flexibility index (Phi) is 6.44. The highest BCUT2D eigenvalue weighted by atomic mass is 16.6. The van der Waals surface area contributed by atoms with Gasteiger partial charge in [0.15, 0.2) is 6.61 Å². The highest BCUT2D eigenvalue weighted by molar-refractivity contribution is 5.98. The summed E-state index contributed by atoms with van der Waals surface area (Å²) in [6.45, 7) is 5.35. The summed E-state index contributed by atoms with van der Waals surface area (Å²) in [5.74, 6) is -0.405. The van der Waals surface area contributed by atoms with Crippen molar-refractivity contribution >= 4 is 22.8 Å². The summed E-state index contributed by atoms with van der Waals surface area (Å²) in [4.78, 5) is 29.2. The van der Waals surface area contributed by atoms with E-state index in [2.05, 4.69) is 4.98 Å². The second-order valence-corrected chi connectivity index (χ2v) is 6.51. The molecule has 0 aliphatic rings. The van der Waals surface area contributed by atoms with Crippen LogP contribution in [0.5, 0.6) is 5.75 Å². The summed E-state index contributed by atoms with van der Waals surface area (Å²) in [5.41, 5.74) is 3.09. The van der Waals surface area contributed by atoms with E-state index in [1.54, 1.807) is 13.0 Å². The lowest BCUT2D eigenvalue weighted by atomic mass is 10.0. The van der Waals surface area contributed by atoms with Gasteiger partial charge < -0.3 is 14.2 Å². The van der Waals surface area contributed by atoms with E-state index in [0.717, 1.165) is 22.0 Å². The van der Waals surface area contributed by atoms with Gasteiger partial charge >= 0.3 is 11.9 Å². The molecule has 0 unspecified atom stereocenters. The van der Waals surface area contributed by atoms with Crippen LogP contribution in [-0.4, -0.2) is 30.1 Å². The van der Waals surface area contributed by atoms with E-state index >= 15 is 0 Å². The number of benzene rings is 2. The number of esters is 2. The van der Waals surface area contributed by atoms with Gasteiger partial charge in [0.25, 0.3) is 0 Å². The minimum atomic E-state index is -0.546. The molecular formula is C23H23NO5. The Labute approximate surface area is 169 Å². The molecule has 0 spiro atoms. The Balaban J connectivity index is 1.77. The number of fused-ring (bicyclic) bond motifs is 1. The van der Waals surface area contributed by atoms with Crippen molar-refractivity contribution in [3.05, 3.63) is 70.9 Å². The van der Waals surface area contributed by atoms with Crippen LogP contribution in [0, 0.1) is 13.8 Å². The van der Waals surface area contributed by atoms with Crippen molar-refractivity contribution in [2.75, 3.05) is 13.2 Å². The number of nitrogens with zero attached hydrogens (tertiary/aromatic N) is 1. The molecule has 1 heterocycles. The second kappa shape index (κ2) is 9.19. The first-order chi connectivity index (χ1) is 14.0. The third kappa shape index (κ3) is 4.71. The summed E-state index contributed by atoms with van der Waals surface area (Å²) in [5, 5.41) is 0.855. The highest BCUT2D eigenvalue weighted by Gasteiger charge is 2.21. The number of hydrogen-bond acceptors (Lipinski definition) is 6. The van der Waals surface area contributed by atoms with Crippen molar-refractivity contribution < 1.29 is 23.8 Å². The Hall–Kier alpha value is -3.41. The summed E-state index contributed by atoms with van der Waals surface area (Å²) in [7, 11) is 0. The van der Waals surface area contributed by atoms with E-state index in [1.807, 2.05) is 56.3 Å². The minimum absolute atomic E-state index is 0.143. The van der Waals surface area contributed by atoms with Gasteiger partial charge in [0, 0.05) is 5.39 Å². The predicted octanol–water partition coefficient (Wildman–Crippen LogP) is 4.15. The van der Waals surface area contributed by atoms with Crippen molar-refractivity contribution in [3.8, 4) is 5.75 Å². The molecule has 0 radical (unpaired) electrons. The standard InChI is InChI=1S/C23H23NO5/c1-4-27-23(26)22-16(3)17-10-6-7-11-18(17)24-19(22)13-29-21(25)14-28-20-12-8-5-9-15(20)2/h5-12H,4,13-14H2,1-3H3. The molecule has 0 fully saturated rings. The van der Waals surface area contributed by atoms with Crippen LogP contribution in [0.1, 0.15) is 34.1 Å². The molecule has 0 saturated heterocycles. The maximum absolute atomic E-state index is 12.5. The lowest BCUT2D eigenvalue weighted by Crippen LogP contribution is -2.18. The minimum Gasteiger partial charge on any atom is -0.482 e. The van der Waals surface area contributed by atoms with E-state index in [4.69, 9.17) is 14.2 Å². The Morgan fingerprint density at radius 1 is 0.966 bits per heavy atom. The topological polar surface area (TPSA) is 74.7 Å². The maximum Gasteiger partial charge on any atom is 0.344 e. The fourth-order valence-corrected chi connectivity index (χ4v) is 3.06. The normalized spacial score (nSPS) is 10.6. The molecule has 6 heteroatoms. The van der Waals surface area contributed by atoms with Gasteiger partial charge in [-0.15, -0.1) is 0 Å². The van der Waals surface area contributed by atoms with Gasteiger partial charge in [-0.3, -0.25) is 0 Å².